The van der Waals surface area contributed by atoms with Crippen LogP contribution >= 0.6 is 0 Å². The van der Waals surface area contributed by atoms with Gasteiger partial charge in [0, 0.05) is 12.1 Å². The van der Waals surface area contributed by atoms with Crippen LogP contribution in [0.1, 0.15) is 22.0 Å². The molecule has 0 bridgehead atoms. The molecule has 2 unspecified atom stereocenters. The Hall–Kier alpha value is -2.99. The Kier molecular flexibility index (Phi) is 5.67. The molecular formula is C19H20O6. The van der Waals surface area contributed by atoms with Crippen molar-refractivity contribution in [2.45, 2.75) is 12.2 Å². The second-order valence-electron chi connectivity index (χ2n) is 5.14. The molecule has 0 saturated carbocycles. The lowest BCUT2D eigenvalue weighted by Gasteiger charge is -2.30. The van der Waals surface area contributed by atoms with Crippen LogP contribution in [-0.4, -0.2) is 36.3 Å². The van der Waals surface area contributed by atoms with E-state index in [-0.39, 0.29) is 17.1 Å². The summed E-state index contributed by atoms with van der Waals surface area (Å²) in [4.78, 5) is 12.4. The number of phenols is 1. The number of hydrogen-bond acceptors (Lipinski definition) is 6. The minimum atomic E-state index is -1.41. The Morgan fingerprint density at radius 1 is 1.04 bits per heavy atom. The molecular weight excluding hydrogens is 324 g/mol. The second-order valence-corrected chi connectivity index (χ2v) is 5.14. The van der Waals surface area contributed by atoms with Crippen LogP contribution in [0.5, 0.6) is 23.0 Å². The number of methoxy groups -OCH3 is 2. The normalized spacial score (nSPS) is 18.3. The monoisotopic (exact) mass is 344 g/mol. The van der Waals surface area contributed by atoms with Gasteiger partial charge in [0.2, 0.25) is 5.78 Å². The predicted octanol–water partition coefficient (Wildman–Crippen LogP) is 2.89. The molecule has 1 aliphatic rings. The first kappa shape index (κ1) is 18.4. The quantitative estimate of drug-likeness (QED) is 0.833. The summed E-state index contributed by atoms with van der Waals surface area (Å²) in [6.07, 6.45) is -2.28. The van der Waals surface area contributed by atoms with Crippen molar-refractivity contribution in [2.75, 3.05) is 14.2 Å². The van der Waals surface area contributed by atoms with Crippen molar-refractivity contribution in [3.05, 3.63) is 60.7 Å². The topological polar surface area (TPSA) is 85.2 Å². The average molecular weight is 344 g/mol. The summed E-state index contributed by atoms with van der Waals surface area (Å²) in [5.41, 5.74) is 0.586. The maximum absolute atomic E-state index is 12.4. The van der Waals surface area contributed by atoms with Gasteiger partial charge in [0.1, 0.15) is 28.6 Å². The summed E-state index contributed by atoms with van der Waals surface area (Å²) in [5, 5.41) is 20.2. The highest BCUT2D eigenvalue weighted by Gasteiger charge is 2.39. The van der Waals surface area contributed by atoms with Crippen molar-refractivity contribution in [3.63, 3.8) is 0 Å². The van der Waals surface area contributed by atoms with Crippen LogP contribution in [0.3, 0.4) is 0 Å². The number of aliphatic hydroxyl groups excluding tert-OH is 1. The van der Waals surface area contributed by atoms with Crippen molar-refractivity contribution >= 4 is 5.78 Å². The van der Waals surface area contributed by atoms with Gasteiger partial charge >= 0.3 is 0 Å². The van der Waals surface area contributed by atoms with E-state index in [9.17, 15) is 15.0 Å². The maximum Gasteiger partial charge on any atom is 0.202 e. The number of fused-ring (bicyclic) bond motifs is 1. The van der Waals surface area contributed by atoms with E-state index in [0.717, 1.165) is 0 Å². The highest BCUT2D eigenvalue weighted by molar-refractivity contribution is 6.05. The van der Waals surface area contributed by atoms with Gasteiger partial charge in [0.05, 0.1) is 14.2 Å². The van der Waals surface area contributed by atoms with Crippen LogP contribution in [0.4, 0.5) is 0 Å². The minimum absolute atomic E-state index is 0.0388. The van der Waals surface area contributed by atoms with Crippen LogP contribution in [0, 0.1) is 0 Å². The number of phenolic OH excluding ortho intramolecular Hbond substituents is 1. The lowest BCUT2D eigenvalue weighted by molar-refractivity contribution is 0.0210. The Labute approximate surface area is 145 Å². The SMILES string of the molecule is C=C.COc1ccc(C2Oc3cc(OC)cc(O)c3C(=O)C2O)cc1. The fraction of sp³-hybridized carbons (Fsp3) is 0.211. The van der Waals surface area contributed by atoms with E-state index in [1.807, 2.05) is 0 Å². The van der Waals surface area contributed by atoms with Crippen molar-refractivity contribution in [1.82, 2.24) is 0 Å². The van der Waals surface area contributed by atoms with Gasteiger partial charge in [-0.3, -0.25) is 4.79 Å². The molecule has 2 aromatic rings. The van der Waals surface area contributed by atoms with Crippen molar-refractivity contribution in [3.8, 4) is 23.0 Å². The third kappa shape index (κ3) is 3.44. The Morgan fingerprint density at radius 3 is 2.20 bits per heavy atom. The third-order valence-corrected chi connectivity index (χ3v) is 3.79. The fourth-order valence-corrected chi connectivity index (χ4v) is 2.57. The predicted molar refractivity (Wildman–Crippen MR) is 92.6 cm³/mol. The Morgan fingerprint density at radius 2 is 1.64 bits per heavy atom. The van der Waals surface area contributed by atoms with Gasteiger partial charge in [0.25, 0.3) is 0 Å². The highest BCUT2D eigenvalue weighted by atomic mass is 16.5. The summed E-state index contributed by atoms with van der Waals surface area (Å²) >= 11 is 0. The van der Waals surface area contributed by atoms with Crippen LogP contribution in [0.25, 0.3) is 0 Å². The largest absolute Gasteiger partial charge is 0.507 e. The lowest BCUT2D eigenvalue weighted by Crippen LogP contribution is -2.36. The first-order valence-electron chi connectivity index (χ1n) is 7.49. The number of hydrogen-bond donors (Lipinski definition) is 2. The molecule has 2 N–H and O–H groups in total. The van der Waals surface area contributed by atoms with Crippen LogP contribution in [0.2, 0.25) is 0 Å². The van der Waals surface area contributed by atoms with E-state index in [4.69, 9.17) is 14.2 Å². The molecule has 2 atom stereocenters. The van der Waals surface area contributed by atoms with E-state index < -0.39 is 18.0 Å². The third-order valence-electron chi connectivity index (χ3n) is 3.79. The summed E-state index contributed by atoms with van der Waals surface area (Å²) < 4.78 is 15.9. The first-order valence-corrected chi connectivity index (χ1v) is 7.49. The van der Waals surface area contributed by atoms with Crippen molar-refractivity contribution < 1.29 is 29.2 Å². The van der Waals surface area contributed by atoms with Crippen LogP contribution in [-0.2, 0) is 0 Å². The number of aromatic hydroxyl groups is 1. The average Bonchev–Trinajstić information content (AvgIpc) is 2.65. The van der Waals surface area contributed by atoms with Gasteiger partial charge in [-0.05, 0) is 17.7 Å². The molecule has 0 radical (unpaired) electrons. The van der Waals surface area contributed by atoms with Gasteiger partial charge < -0.3 is 24.4 Å². The molecule has 3 rings (SSSR count). The Balaban J connectivity index is 0.00000109. The summed E-state index contributed by atoms with van der Waals surface area (Å²) in [6.45, 7) is 6.00. The van der Waals surface area contributed by atoms with Crippen LogP contribution in [0.15, 0.2) is 49.6 Å². The fourth-order valence-electron chi connectivity index (χ4n) is 2.57. The number of rotatable bonds is 3. The van der Waals surface area contributed by atoms with E-state index in [1.54, 1.807) is 31.4 Å². The summed E-state index contributed by atoms with van der Waals surface area (Å²) in [7, 11) is 3.00. The van der Waals surface area contributed by atoms with Gasteiger partial charge in [-0.15, -0.1) is 13.2 Å². The summed E-state index contributed by atoms with van der Waals surface area (Å²) in [6, 6.07) is 9.68. The molecule has 2 aromatic carbocycles. The number of carbonyl (C=O) groups is 1. The highest BCUT2D eigenvalue weighted by Crippen LogP contribution is 2.42. The number of carbonyl (C=O) groups excluding carboxylic acids is 1. The number of ketones is 1. The number of benzene rings is 2. The van der Waals surface area contributed by atoms with Crippen LogP contribution < -0.4 is 14.2 Å². The number of ether oxygens (including phenoxy) is 3. The zero-order valence-electron chi connectivity index (χ0n) is 14.1. The van der Waals surface area contributed by atoms with E-state index in [0.29, 0.717) is 17.1 Å². The molecule has 6 heteroatoms. The Bertz CT molecular complexity index is 753. The molecule has 1 heterocycles. The number of Topliss-reactive ketones (excluding diaryl/α,β-unsaturated/α-hetero) is 1. The molecule has 0 spiro atoms. The first-order chi connectivity index (χ1) is 12.0. The van der Waals surface area contributed by atoms with Gasteiger partial charge in [-0.25, -0.2) is 0 Å². The van der Waals surface area contributed by atoms with Gasteiger partial charge in [0.15, 0.2) is 12.2 Å². The zero-order valence-corrected chi connectivity index (χ0v) is 14.1. The van der Waals surface area contributed by atoms with Gasteiger partial charge in [-0.2, -0.15) is 0 Å². The molecule has 0 saturated heterocycles. The molecule has 0 aromatic heterocycles. The molecule has 0 amide bonds. The molecule has 25 heavy (non-hydrogen) atoms. The molecule has 0 aliphatic carbocycles. The molecule has 1 aliphatic heterocycles. The van der Waals surface area contributed by atoms with Crippen molar-refractivity contribution in [1.29, 1.82) is 0 Å². The smallest absolute Gasteiger partial charge is 0.202 e. The molecule has 132 valence electrons. The number of aliphatic hydroxyl groups is 1. The zero-order chi connectivity index (χ0) is 18.6. The van der Waals surface area contributed by atoms with Gasteiger partial charge in [-0.1, -0.05) is 12.1 Å². The van der Waals surface area contributed by atoms with Crippen molar-refractivity contribution in [2.24, 2.45) is 0 Å². The summed E-state index contributed by atoms with van der Waals surface area (Å²) in [5.74, 6) is 0.325. The maximum atomic E-state index is 12.4. The molecule has 6 nitrogen and oxygen atoms in total. The standard InChI is InChI=1S/C17H16O6.C2H4/c1-21-10-5-3-9(4-6-10)17-16(20)15(19)14-12(18)7-11(22-2)8-13(14)23-17;1-2/h3-8,16-18,20H,1-2H3;1-2H2. The van der Waals surface area contributed by atoms with E-state index >= 15 is 0 Å². The molecule has 0 fully saturated rings. The van der Waals surface area contributed by atoms with E-state index in [1.165, 1.54) is 19.2 Å². The minimum Gasteiger partial charge on any atom is -0.507 e. The lowest BCUT2D eigenvalue weighted by atomic mass is 9.93. The second kappa shape index (κ2) is 7.72. The van der Waals surface area contributed by atoms with E-state index in [2.05, 4.69) is 13.2 Å².